The van der Waals surface area contributed by atoms with Gasteiger partial charge in [0.2, 0.25) is 0 Å². The van der Waals surface area contributed by atoms with Gasteiger partial charge in [-0.25, -0.2) is 0 Å². The molecule has 0 aliphatic rings. The molecule has 0 radical (unpaired) electrons. The maximum atomic E-state index is 11.5. The van der Waals surface area contributed by atoms with Gasteiger partial charge in [0.1, 0.15) is 0 Å². The van der Waals surface area contributed by atoms with Crippen molar-refractivity contribution in [3.63, 3.8) is 0 Å². The smallest absolute Gasteiger partial charge is 0.380 e. The molecular weight excluding hydrogens is 171 g/mol. The number of ketones is 1. The van der Waals surface area contributed by atoms with Gasteiger partial charge in [0.25, 0.3) is 5.78 Å². The van der Waals surface area contributed by atoms with E-state index in [0.717, 1.165) is 6.20 Å². The highest BCUT2D eigenvalue weighted by molar-refractivity contribution is 5.94. The summed E-state index contributed by atoms with van der Waals surface area (Å²) in [6, 6.07) is 0. The van der Waals surface area contributed by atoms with Crippen LogP contribution in [-0.4, -0.2) is 18.5 Å². The van der Waals surface area contributed by atoms with E-state index in [2.05, 4.69) is 11.2 Å². The molecule has 0 rings (SSSR count). The van der Waals surface area contributed by atoms with Crippen LogP contribution in [0.4, 0.5) is 13.2 Å². The summed E-state index contributed by atoms with van der Waals surface area (Å²) in [6.45, 7) is 0.0850. The van der Waals surface area contributed by atoms with Crippen LogP contribution < -0.4 is 5.32 Å². The Morgan fingerprint density at radius 1 is 1.58 bits per heavy atom. The third-order valence-electron chi connectivity index (χ3n) is 0.836. The Bertz CT molecular complexity index is 224. The summed E-state index contributed by atoms with van der Waals surface area (Å²) in [7, 11) is 0. The van der Waals surface area contributed by atoms with Crippen LogP contribution in [0.3, 0.4) is 0 Å². The van der Waals surface area contributed by atoms with Gasteiger partial charge in [-0.05, 0) is 0 Å². The van der Waals surface area contributed by atoms with Crippen LogP contribution in [0.2, 0.25) is 0 Å². The zero-order valence-electron chi connectivity index (χ0n) is 5.98. The summed E-state index contributed by atoms with van der Waals surface area (Å²) in [6.07, 6.45) is 1.22. The monoisotopic (exact) mass is 177 g/mol. The fraction of sp³-hybridized carbons (Fsp3) is 0.286. The fourth-order valence-corrected chi connectivity index (χ4v) is 0.347. The van der Waals surface area contributed by atoms with E-state index >= 15 is 0 Å². The summed E-state index contributed by atoms with van der Waals surface area (Å²) < 4.78 is 34.5. The molecular formula is C7H6F3NO. The van der Waals surface area contributed by atoms with Gasteiger partial charge >= 0.3 is 6.18 Å². The average Bonchev–Trinajstić information content (AvgIpc) is 1.96. The van der Waals surface area contributed by atoms with Gasteiger partial charge in [-0.3, -0.25) is 4.79 Å². The SMILES string of the molecule is C#CCNC=CC(=O)C(F)(F)F. The molecule has 0 aliphatic heterocycles. The van der Waals surface area contributed by atoms with Crippen molar-refractivity contribution < 1.29 is 18.0 Å². The van der Waals surface area contributed by atoms with E-state index in [0.29, 0.717) is 6.08 Å². The molecule has 5 heteroatoms. The minimum atomic E-state index is -4.81. The molecule has 0 unspecified atom stereocenters. The summed E-state index contributed by atoms with van der Waals surface area (Å²) >= 11 is 0. The molecule has 12 heavy (non-hydrogen) atoms. The van der Waals surface area contributed by atoms with Crippen LogP contribution in [0.1, 0.15) is 0 Å². The molecule has 0 aromatic rings. The summed E-state index contributed by atoms with van der Waals surface area (Å²) in [5.41, 5.74) is 0. The van der Waals surface area contributed by atoms with E-state index in [9.17, 15) is 18.0 Å². The molecule has 0 bridgehead atoms. The molecule has 0 saturated heterocycles. The highest BCUT2D eigenvalue weighted by Crippen LogP contribution is 2.15. The lowest BCUT2D eigenvalue weighted by Crippen LogP contribution is -2.20. The molecule has 0 heterocycles. The number of terminal acetylenes is 1. The minimum absolute atomic E-state index is 0.0850. The van der Waals surface area contributed by atoms with Crippen molar-refractivity contribution in [3.8, 4) is 12.3 Å². The number of hydrogen-bond acceptors (Lipinski definition) is 2. The van der Waals surface area contributed by atoms with Crippen molar-refractivity contribution in [2.24, 2.45) is 0 Å². The van der Waals surface area contributed by atoms with Crippen molar-refractivity contribution in [1.82, 2.24) is 5.32 Å². The van der Waals surface area contributed by atoms with Gasteiger partial charge < -0.3 is 5.32 Å². The maximum absolute atomic E-state index is 11.5. The molecule has 0 amide bonds. The second-order valence-corrected chi connectivity index (χ2v) is 1.78. The number of alkyl halides is 3. The molecule has 0 aromatic carbocycles. The van der Waals surface area contributed by atoms with Gasteiger partial charge in [0, 0.05) is 12.3 Å². The van der Waals surface area contributed by atoms with E-state index in [1.54, 1.807) is 0 Å². The van der Waals surface area contributed by atoms with Gasteiger partial charge in [0.15, 0.2) is 0 Å². The van der Waals surface area contributed by atoms with Crippen LogP contribution in [0, 0.1) is 12.3 Å². The first-order chi connectivity index (χ1) is 5.48. The first-order valence-electron chi connectivity index (χ1n) is 2.93. The first kappa shape index (κ1) is 10.6. The lowest BCUT2D eigenvalue weighted by atomic mass is 10.4. The van der Waals surface area contributed by atoms with E-state index in [1.807, 2.05) is 0 Å². The molecule has 66 valence electrons. The molecule has 0 atom stereocenters. The van der Waals surface area contributed by atoms with Crippen LogP contribution in [0.25, 0.3) is 0 Å². The van der Waals surface area contributed by atoms with Crippen molar-refractivity contribution in [1.29, 1.82) is 0 Å². The Hall–Kier alpha value is -1.44. The Morgan fingerprint density at radius 2 is 2.17 bits per heavy atom. The number of carbonyl (C=O) groups excluding carboxylic acids is 1. The van der Waals surface area contributed by atoms with E-state index in [1.165, 1.54) is 0 Å². The van der Waals surface area contributed by atoms with Gasteiger partial charge in [0.05, 0.1) is 6.54 Å². The third kappa shape index (κ3) is 4.39. The second kappa shape index (κ2) is 4.44. The maximum Gasteiger partial charge on any atom is 0.454 e. The van der Waals surface area contributed by atoms with Crippen molar-refractivity contribution in [2.45, 2.75) is 6.18 Å². The molecule has 0 saturated carbocycles. The number of allylic oxidation sites excluding steroid dienone is 1. The third-order valence-corrected chi connectivity index (χ3v) is 0.836. The molecule has 0 aliphatic carbocycles. The first-order valence-corrected chi connectivity index (χ1v) is 2.93. The Morgan fingerprint density at radius 3 is 2.58 bits per heavy atom. The molecule has 1 N–H and O–H groups in total. The quantitative estimate of drug-likeness (QED) is 0.393. The zero-order valence-corrected chi connectivity index (χ0v) is 5.98. The average molecular weight is 177 g/mol. The minimum Gasteiger partial charge on any atom is -0.380 e. The van der Waals surface area contributed by atoms with Crippen molar-refractivity contribution in [3.05, 3.63) is 12.3 Å². The number of hydrogen-bond donors (Lipinski definition) is 1. The van der Waals surface area contributed by atoms with E-state index < -0.39 is 12.0 Å². The molecule has 2 nitrogen and oxygen atoms in total. The highest BCUT2D eigenvalue weighted by atomic mass is 19.4. The van der Waals surface area contributed by atoms with Crippen molar-refractivity contribution in [2.75, 3.05) is 6.54 Å². The Kier molecular flexibility index (Phi) is 3.91. The second-order valence-electron chi connectivity index (χ2n) is 1.78. The summed E-state index contributed by atoms with van der Waals surface area (Å²) in [5.74, 6) is 0.215. The lowest BCUT2D eigenvalue weighted by Gasteiger charge is -1.98. The Balaban J connectivity index is 3.87. The lowest BCUT2D eigenvalue weighted by molar-refractivity contribution is -0.165. The van der Waals surface area contributed by atoms with Gasteiger partial charge in [-0.2, -0.15) is 13.2 Å². The van der Waals surface area contributed by atoms with Gasteiger partial charge in [-0.1, -0.05) is 5.92 Å². The standard InChI is InChI=1S/C7H6F3NO/c1-2-4-11-5-3-6(12)7(8,9)10/h1,3,5,11H,4H2. The van der Waals surface area contributed by atoms with Crippen LogP contribution in [0.5, 0.6) is 0 Å². The predicted molar refractivity (Wildman–Crippen MR) is 37.0 cm³/mol. The predicted octanol–water partition coefficient (Wildman–Crippen LogP) is 0.854. The number of halogens is 3. The van der Waals surface area contributed by atoms with Crippen LogP contribution in [0.15, 0.2) is 12.3 Å². The molecule has 0 fully saturated rings. The number of nitrogens with one attached hydrogen (secondary N) is 1. The fourth-order valence-electron chi connectivity index (χ4n) is 0.347. The Labute approximate surface area is 67.4 Å². The zero-order chi connectivity index (χ0) is 9.61. The van der Waals surface area contributed by atoms with E-state index in [-0.39, 0.29) is 6.54 Å². The van der Waals surface area contributed by atoms with Crippen LogP contribution in [-0.2, 0) is 4.79 Å². The molecule has 0 spiro atoms. The van der Waals surface area contributed by atoms with Crippen molar-refractivity contribution >= 4 is 5.78 Å². The topological polar surface area (TPSA) is 29.1 Å². The largest absolute Gasteiger partial charge is 0.454 e. The number of carbonyl (C=O) groups is 1. The number of rotatable bonds is 3. The van der Waals surface area contributed by atoms with Gasteiger partial charge in [-0.15, -0.1) is 6.42 Å². The highest BCUT2D eigenvalue weighted by Gasteiger charge is 2.35. The normalized spacial score (nSPS) is 11.2. The summed E-state index contributed by atoms with van der Waals surface area (Å²) in [5, 5.41) is 2.30. The van der Waals surface area contributed by atoms with E-state index in [4.69, 9.17) is 6.42 Å². The summed E-state index contributed by atoms with van der Waals surface area (Å²) in [4.78, 5) is 10.1. The van der Waals surface area contributed by atoms with Crippen LogP contribution >= 0.6 is 0 Å². The molecule has 0 aromatic heterocycles.